The van der Waals surface area contributed by atoms with Gasteiger partial charge in [-0.2, -0.15) is 5.26 Å². The molecule has 3 N–H and O–H groups in total. The van der Waals surface area contributed by atoms with Gasteiger partial charge in [0.1, 0.15) is 6.07 Å². The molecule has 0 spiro atoms. The fourth-order valence-corrected chi connectivity index (χ4v) is 1.41. The third kappa shape index (κ3) is 3.44. The van der Waals surface area contributed by atoms with Crippen molar-refractivity contribution < 1.29 is 4.74 Å². The van der Waals surface area contributed by atoms with Gasteiger partial charge in [0.15, 0.2) is 0 Å². The van der Waals surface area contributed by atoms with Crippen molar-refractivity contribution in [1.29, 1.82) is 5.26 Å². The number of nitrogens with one attached hydrogen (secondary N) is 1. The van der Waals surface area contributed by atoms with Gasteiger partial charge in [0.2, 0.25) is 0 Å². The largest absolute Gasteiger partial charge is 0.398 e. The maximum Gasteiger partial charge on any atom is 0.101 e. The zero-order chi connectivity index (χ0) is 12.0. The number of benzene rings is 1. The van der Waals surface area contributed by atoms with E-state index in [1.54, 1.807) is 19.2 Å². The topological polar surface area (TPSA) is 71.1 Å². The first kappa shape index (κ1) is 12.3. The van der Waals surface area contributed by atoms with Crippen molar-refractivity contribution in [1.82, 2.24) is 0 Å². The molecule has 0 aliphatic carbocycles. The monoisotopic (exact) mass is 219 g/mol. The SMILES string of the molecule is COCCC(C)Nc1ccc(C#N)c(N)c1. The van der Waals surface area contributed by atoms with Gasteiger partial charge >= 0.3 is 0 Å². The minimum atomic E-state index is 0.312. The molecular weight excluding hydrogens is 202 g/mol. The Labute approximate surface area is 96.0 Å². The molecule has 0 amide bonds. The van der Waals surface area contributed by atoms with E-state index in [-0.39, 0.29) is 0 Å². The molecule has 1 aromatic rings. The minimum Gasteiger partial charge on any atom is -0.398 e. The van der Waals surface area contributed by atoms with Crippen LogP contribution < -0.4 is 11.1 Å². The molecule has 4 nitrogen and oxygen atoms in total. The van der Waals surface area contributed by atoms with Crippen LogP contribution in [0, 0.1) is 11.3 Å². The molecule has 0 radical (unpaired) electrons. The number of hydrogen-bond donors (Lipinski definition) is 2. The van der Waals surface area contributed by atoms with Crippen LogP contribution in [0.3, 0.4) is 0 Å². The fourth-order valence-electron chi connectivity index (χ4n) is 1.41. The van der Waals surface area contributed by atoms with Gasteiger partial charge in [0, 0.05) is 25.4 Å². The average Bonchev–Trinajstić information content (AvgIpc) is 2.26. The van der Waals surface area contributed by atoms with Gasteiger partial charge in [-0.15, -0.1) is 0 Å². The van der Waals surface area contributed by atoms with Crippen LogP contribution in [0.15, 0.2) is 18.2 Å². The van der Waals surface area contributed by atoms with Crippen LogP contribution in [0.1, 0.15) is 18.9 Å². The summed E-state index contributed by atoms with van der Waals surface area (Å²) < 4.78 is 5.00. The van der Waals surface area contributed by atoms with Crippen LogP contribution in [-0.2, 0) is 4.74 Å². The van der Waals surface area contributed by atoms with Crippen LogP contribution >= 0.6 is 0 Å². The highest BCUT2D eigenvalue weighted by Gasteiger charge is 2.03. The van der Waals surface area contributed by atoms with Gasteiger partial charge in [-0.3, -0.25) is 0 Å². The highest BCUT2D eigenvalue weighted by Crippen LogP contribution is 2.18. The predicted octanol–water partition coefficient (Wildman–Crippen LogP) is 1.98. The summed E-state index contributed by atoms with van der Waals surface area (Å²) in [6.45, 7) is 2.80. The Bertz CT molecular complexity index is 384. The fraction of sp³-hybridized carbons (Fsp3) is 0.417. The van der Waals surface area contributed by atoms with E-state index in [9.17, 15) is 0 Å². The van der Waals surface area contributed by atoms with Crippen molar-refractivity contribution in [2.75, 3.05) is 24.8 Å². The second-order valence-corrected chi connectivity index (χ2v) is 3.74. The minimum absolute atomic E-state index is 0.312. The number of ether oxygens (including phenoxy) is 1. The van der Waals surface area contributed by atoms with Gasteiger partial charge in [0.05, 0.1) is 11.3 Å². The molecule has 0 bridgehead atoms. The first-order valence-corrected chi connectivity index (χ1v) is 5.22. The van der Waals surface area contributed by atoms with E-state index in [2.05, 4.69) is 12.2 Å². The Kier molecular flexibility index (Phi) is 4.62. The molecule has 0 aliphatic rings. The quantitative estimate of drug-likeness (QED) is 0.743. The second-order valence-electron chi connectivity index (χ2n) is 3.74. The lowest BCUT2D eigenvalue weighted by molar-refractivity contribution is 0.191. The summed E-state index contributed by atoms with van der Waals surface area (Å²) in [6.07, 6.45) is 0.927. The molecule has 0 saturated heterocycles. The number of hydrogen-bond acceptors (Lipinski definition) is 4. The smallest absolute Gasteiger partial charge is 0.101 e. The van der Waals surface area contributed by atoms with Gasteiger partial charge in [-0.05, 0) is 31.5 Å². The van der Waals surface area contributed by atoms with Crippen molar-refractivity contribution in [3.8, 4) is 6.07 Å². The molecule has 86 valence electrons. The van der Waals surface area contributed by atoms with Crippen molar-refractivity contribution >= 4 is 11.4 Å². The van der Waals surface area contributed by atoms with Gasteiger partial charge in [-0.1, -0.05) is 0 Å². The zero-order valence-corrected chi connectivity index (χ0v) is 9.66. The van der Waals surface area contributed by atoms with E-state index in [4.69, 9.17) is 15.7 Å². The predicted molar refractivity (Wildman–Crippen MR) is 65.1 cm³/mol. The summed E-state index contributed by atoms with van der Waals surface area (Å²) in [4.78, 5) is 0. The summed E-state index contributed by atoms with van der Waals surface area (Å²) in [5.41, 5.74) is 7.67. The molecule has 16 heavy (non-hydrogen) atoms. The van der Waals surface area contributed by atoms with E-state index in [1.807, 2.05) is 12.1 Å². The van der Waals surface area contributed by atoms with Gasteiger partial charge < -0.3 is 15.8 Å². The molecule has 0 aliphatic heterocycles. The standard InChI is InChI=1S/C12H17N3O/c1-9(5-6-16-2)15-11-4-3-10(8-13)12(14)7-11/h3-4,7,9,15H,5-6,14H2,1-2H3. The maximum atomic E-state index is 8.74. The lowest BCUT2D eigenvalue weighted by Gasteiger charge is -2.15. The lowest BCUT2D eigenvalue weighted by atomic mass is 10.1. The normalized spacial score (nSPS) is 11.8. The molecule has 0 aromatic heterocycles. The van der Waals surface area contributed by atoms with E-state index < -0.39 is 0 Å². The van der Waals surface area contributed by atoms with Crippen molar-refractivity contribution in [3.63, 3.8) is 0 Å². The molecule has 0 saturated carbocycles. The maximum absolute atomic E-state index is 8.74. The summed E-state index contributed by atoms with van der Waals surface area (Å²) >= 11 is 0. The van der Waals surface area contributed by atoms with E-state index in [0.29, 0.717) is 17.3 Å². The summed E-state index contributed by atoms with van der Waals surface area (Å²) in [6, 6.07) is 7.71. The first-order valence-electron chi connectivity index (χ1n) is 5.22. The first-order chi connectivity index (χ1) is 7.67. The number of rotatable bonds is 5. The van der Waals surface area contributed by atoms with Crippen LogP contribution in [0.5, 0.6) is 0 Å². The highest BCUT2D eigenvalue weighted by molar-refractivity contribution is 5.62. The van der Waals surface area contributed by atoms with Crippen molar-refractivity contribution in [2.24, 2.45) is 0 Å². The number of nitrogen functional groups attached to an aromatic ring is 1. The number of nitriles is 1. The Morgan fingerprint density at radius 1 is 1.56 bits per heavy atom. The van der Waals surface area contributed by atoms with E-state index in [1.165, 1.54) is 0 Å². The molecule has 1 atom stereocenters. The molecular formula is C12H17N3O. The van der Waals surface area contributed by atoms with Crippen LogP contribution in [-0.4, -0.2) is 19.8 Å². The van der Waals surface area contributed by atoms with Crippen molar-refractivity contribution in [3.05, 3.63) is 23.8 Å². The Morgan fingerprint density at radius 3 is 2.88 bits per heavy atom. The Hall–Kier alpha value is -1.73. The van der Waals surface area contributed by atoms with Crippen LogP contribution in [0.4, 0.5) is 11.4 Å². The number of nitrogens with two attached hydrogens (primary N) is 1. The van der Waals surface area contributed by atoms with E-state index in [0.717, 1.165) is 18.7 Å². The third-order valence-electron chi connectivity index (χ3n) is 2.34. The van der Waals surface area contributed by atoms with Crippen LogP contribution in [0.25, 0.3) is 0 Å². The molecule has 0 heterocycles. The van der Waals surface area contributed by atoms with Crippen molar-refractivity contribution in [2.45, 2.75) is 19.4 Å². The summed E-state index contributed by atoms with van der Waals surface area (Å²) in [7, 11) is 1.69. The average molecular weight is 219 g/mol. The molecule has 0 fully saturated rings. The Balaban J connectivity index is 2.61. The highest BCUT2D eigenvalue weighted by atomic mass is 16.5. The summed E-state index contributed by atoms with van der Waals surface area (Å²) in [5.74, 6) is 0. The van der Waals surface area contributed by atoms with Crippen LogP contribution in [0.2, 0.25) is 0 Å². The van der Waals surface area contributed by atoms with E-state index >= 15 is 0 Å². The molecule has 1 rings (SSSR count). The number of methoxy groups -OCH3 is 1. The Morgan fingerprint density at radius 2 is 2.31 bits per heavy atom. The molecule has 1 unspecified atom stereocenters. The van der Waals surface area contributed by atoms with Gasteiger partial charge in [-0.25, -0.2) is 0 Å². The lowest BCUT2D eigenvalue weighted by Crippen LogP contribution is -2.17. The molecule has 1 aromatic carbocycles. The third-order valence-corrected chi connectivity index (χ3v) is 2.34. The van der Waals surface area contributed by atoms with Gasteiger partial charge in [0.25, 0.3) is 0 Å². The second kappa shape index (κ2) is 5.99. The number of anilines is 2. The number of nitrogens with zero attached hydrogens (tertiary/aromatic N) is 1. The zero-order valence-electron chi connectivity index (χ0n) is 9.66. The molecule has 4 heteroatoms. The summed E-state index contributed by atoms with van der Waals surface area (Å²) in [5, 5.41) is 12.0.